The van der Waals surface area contributed by atoms with Gasteiger partial charge in [-0.05, 0) is 46.3 Å². The molecule has 0 radical (unpaired) electrons. The van der Waals surface area contributed by atoms with Gasteiger partial charge in [-0.25, -0.2) is 4.52 Å². The highest BCUT2D eigenvalue weighted by Crippen LogP contribution is 2.29. The first kappa shape index (κ1) is 12.9. The van der Waals surface area contributed by atoms with Crippen molar-refractivity contribution in [2.24, 2.45) is 5.41 Å². The molecule has 0 aliphatic carbocycles. The van der Waals surface area contributed by atoms with Crippen LogP contribution in [0.2, 0.25) is 0 Å². The zero-order valence-corrected chi connectivity index (χ0v) is 12.5. The summed E-state index contributed by atoms with van der Waals surface area (Å²) >= 11 is 3.48. The summed E-state index contributed by atoms with van der Waals surface area (Å²) in [5.74, 6) is 0.680. The van der Waals surface area contributed by atoms with E-state index in [2.05, 4.69) is 38.3 Å². The molecule has 0 aromatic carbocycles. The van der Waals surface area contributed by atoms with E-state index in [-0.39, 0.29) is 5.41 Å². The van der Waals surface area contributed by atoms with Gasteiger partial charge in [-0.3, -0.25) is 0 Å². The maximum Gasteiger partial charge on any atom is 0.243 e. The molecule has 5 nitrogen and oxygen atoms in total. The van der Waals surface area contributed by atoms with Crippen LogP contribution in [-0.4, -0.2) is 34.4 Å². The summed E-state index contributed by atoms with van der Waals surface area (Å²) in [6.07, 6.45) is 4.06. The largest absolute Gasteiger partial charge is 0.381 e. The van der Waals surface area contributed by atoms with E-state index in [1.807, 2.05) is 18.3 Å². The number of pyridine rings is 1. The Morgan fingerprint density at radius 3 is 3.00 bits per heavy atom. The monoisotopic (exact) mass is 324 g/mol. The second-order valence-corrected chi connectivity index (χ2v) is 6.19. The molecule has 1 N–H and O–H groups in total. The number of hydrogen-bond donors (Lipinski definition) is 1. The van der Waals surface area contributed by atoms with Gasteiger partial charge in [0, 0.05) is 26.0 Å². The highest BCUT2D eigenvalue weighted by Gasteiger charge is 2.27. The lowest BCUT2D eigenvalue weighted by Gasteiger charge is -2.33. The number of nitrogens with zero attached hydrogens (tertiary/aromatic N) is 3. The molecule has 0 unspecified atom stereocenters. The lowest BCUT2D eigenvalue weighted by molar-refractivity contribution is 0.0299. The Hall–Kier alpha value is -1.14. The first-order valence-corrected chi connectivity index (χ1v) is 7.28. The summed E-state index contributed by atoms with van der Waals surface area (Å²) in [5, 5.41) is 7.77. The highest BCUT2D eigenvalue weighted by atomic mass is 79.9. The highest BCUT2D eigenvalue weighted by molar-refractivity contribution is 9.10. The average Bonchev–Trinajstić information content (AvgIpc) is 2.82. The Balaban J connectivity index is 1.73. The molecule has 1 aliphatic rings. The van der Waals surface area contributed by atoms with Crippen molar-refractivity contribution >= 4 is 27.5 Å². The fourth-order valence-electron chi connectivity index (χ4n) is 2.28. The van der Waals surface area contributed by atoms with Crippen LogP contribution in [0.3, 0.4) is 0 Å². The van der Waals surface area contributed by atoms with Gasteiger partial charge in [0.25, 0.3) is 0 Å². The van der Waals surface area contributed by atoms with Gasteiger partial charge in [-0.2, -0.15) is 4.98 Å². The van der Waals surface area contributed by atoms with E-state index in [0.29, 0.717) is 5.95 Å². The fourth-order valence-corrected chi connectivity index (χ4v) is 2.70. The number of halogens is 1. The predicted molar refractivity (Wildman–Crippen MR) is 77.3 cm³/mol. The molecule has 1 saturated heterocycles. The Morgan fingerprint density at radius 2 is 2.26 bits per heavy atom. The molecule has 0 amide bonds. The molecule has 102 valence electrons. The number of hydrogen-bond acceptors (Lipinski definition) is 4. The number of rotatable bonds is 3. The van der Waals surface area contributed by atoms with Crippen molar-refractivity contribution in [1.82, 2.24) is 14.6 Å². The van der Waals surface area contributed by atoms with Crippen LogP contribution < -0.4 is 5.32 Å². The van der Waals surface area contributed by atoms with Crippen LogP contribution in [-0.2, 0) is 4.74 Å². The van der Waals surface area contributed by atoms with Crippen molar-refractivity contribution in [3.8, 4) is 0 Å². The van der Waals surface area contributed by atoms with E-state index in [4.69, 9.17) is 4.74 Å². The number of aromatic nitrogens is 3. The van der Waals surface area contributed by atoms with Crippen LogP contribution in [0.15, 0.2) is 22.8 Å². The average molecular weight is 325 g/mol. The number of nitrogens with one attached hydrogen (secondary N) is 1. The molecule has 3 rings (SSSR count). The first-order valence-electron chi connectivity index (χ1n) is 6.49. The third-order valence-electron chi connectivity index (χ3n) is 3.69. The van der Waals surface area contributed by atoms with E-state index < -0.39 is 0 Å². The summed E-state index contributed by atoms with van der Waals surface area (Å²) in [4.78, 5) is 4.49. The molecule has 0 spiro atoms. The van der Waals surface area contributed by atoms with Gasteiger partial charge in [-0.15, -0.1) is 5.10 Å². The van der Waals surface area contributed by atoms with Crippen LogP contribution in [0.1, 0.15) is 19.8 Å². The maximum atomic E-state index is 5.41. The predicted octanol–water partition coefficient (Wildman–Crippen LogP) is 2.72. The minimum absolute atomic E-state index is 0.271. The minimum Gasteiger partial charge on any atom is -0.381 e. The van der Waals surface area contributed by atoms with E-state index in [0.717, 1.165) is 42.7 Å². The summed E-state index contributed by atoms with van der Waals surface area (Å²) in [6.45, 7) is 4.86. The molecule has 0 bridgehead atoms. The van der Waals surface area contributed by atoms with E-state index >= 15 is 0 Å². The fraction of sp³-hybridized carbons (Fsp3) is 0.538. The summed E-state index contributed by atoms with van der Waals surface area (Å²) < 4.78 is 8.14. The van der Waals surface area contributed by atoms with Crippen LogP contribution >= 0.6 is 15.9 Å². The van der Waals surface area contributed by atoms with E-state index in [9.17, 15) is 0 Å². The third kappa shape index (κ3) is 2.74. The van der Waals surface area contributed by atoms with Crippen molar-refractivity contribution in [3.05, 3.63) is 22.8 Å². The molecule has 0 atom stereocenters. The second-order valence-electron chi connectivity index (χ2n) is 5.34. The van der Waals surface area contributed by atoms with Crippen LogP contribution in [0, 0.1) is 5.41 Å². The Morgan fingerprint density at radius 1 is 1.47 bits per heavy atom. The van der Waals surface area contributed by atoms with Gasteiger partial charge in [0.15, 0.2) is 5.65 Å². The van der Waals surface area contributed by atoms with Gasteiger partial charge in [0.2, 0.25) is 5.95 Å². The van der Waals surface area contributed by atoms with Gasteiger partial charge in [0.05, 0.1) is 4.47 Å². The summed E-state index contributed by atoms with van der Waals surface area (Å²) in [6, 6.07) is 3.91. The van der Waals surface area contributed by atoms with E-state index in [1.54, 1.807) is 4.52 Å². The second kappa shape index (κ2) is 5.09. The first-order chi connectivity index (χ1) is 9.16. The maximum absolute atomic E-state index is 5.41. The Bertz CT molecular complexity index is 577. The van der Waals surface area contributed by atoms with Gasteiger partial charge < -0.3 is 10.1 Å². The van der Waals surface area contributed by atoms with Crippen molar-refractivity contribution in [1.29, 1.82) is 0 Å². The molecular formula is C13H17BrN4O. The van der Waals surface area contributed by atoms with Gasteiger partial charge in [-0.1, -0.05) is 6.92 Å². The smallest absolute Gasteiger partial charge is 0.243 e. The van der Waals surface area contributed by atoms with Crippen molar-refractivity contribution in [2.75, 3.05) is 25.1 Å². The molecule has 6 heteroatoms. The molecule has 1 fully saturated rings. The molecular weight excluding hydrogens is 308 g/mol. The molecule has 1 aliphatic heterocycles. The zero-order valence-electron chi connectivity index (χ0n) is 10.9. The van der Waals surface area contributed by atoms with Crippen LogP contribution in [0.25, 0.3) is 5.65 Å². The standard InChI is InChI=1S/C13H17BrN4O/c1-13(4-7-19-8-5-13)9-15-12-16-11-10(14)3-2-6-18(11)17-12/h2-3,6H,4-5,7-9H2,1H3,(H,15,17). The lowest BCUT2D eigenvalue weighted by Crippen LogP contribution is -2.33. The molecule has 19 heavy (non-hydrogen) atoms. The summed E-state index contributed by atoms with van der Waals surface area (Å²) in [7, 11) is 0. The summed E-state index contributed by atoms with van der Waals surface area (Å²) in [5.41, 5.74) is 1.11. The Labute approximate surface area is 120 Å². The normalized spacial score (nSPS) is 18.6. The number of anilines is 1. The number of fused-ring (bicyclic) bond motifs is 1. The van der Waals surface area contributed by atoms with Crippen LogP contribution in [0.4, 0.5) is 5.95 Å². The molecule has 2 aromatic heterocycles. The van der Waals surface area contributed by atoms with Crippen molar-refractivity contribution in [2.45, 2.75) is 19.8 Å². The molecule has 2 aromatic rings. The third-order valence-corrected chi connectivity index (χ3v) is 4.31. The zero-order chi connectivity index (χ0) is 13.3. The number of ether oxygens (including phenoxy) is 1. The molecule has 0 saturated carbocycles. The Kier molecular flexibility index (Phi) is 3.45. The van der Waals surface area contributed by atoms with Crippen LogP contribution in [0.5, 0.6) is 0 Å². The van der Waals surface area contributed by atoms with E-state index in [1.165, 1.54) is 0 Å². The van der Waals surface area contributed by atoms with Crippen molar-refractivity contribution in [3.63, 3.8) is 0 Å². The lowest BCUT2D eigenvalue weighted by atomic mass is 9.82. The SMILES string of the molecule is CC1(CNc2nc3c(Br)cccn3n2)CCOCC1. The topological polar surface area (TPSA) is 51.5 Å². The van der Waals surface area contributed by atoms with Crippen molar-refractivity contribution < 1.29 is 4.74 Å². The minimum atomic E-state index is 0.271. The molecule has 3 heterocycles. The van der Waals surface area contributed by atoms with Gasteiger partial charge >= 0.3 is 0 Å². The quantitative estimate of drug-likeness (QED) is 0.943. The van der Waals surface area contributed by atoms with Gasteiger partial charge in [0.1, 0.15) is 0 Å².